The van der Waals surface area contributed by atoms with Crippen LogP contribution in [0.25, 0.3) is 33.5 Å². The van der Waals surface area contributed by atoms with Crippen LogP contribution in [0.15, 0.2) is 60.7 Å². The van der Waals surface area contributed by atoms with Crippen LogP contribution in [0.3, 0.4) is 0 Å². The van der Waals surface area contributed by atoms with Crippen LogP contribution in [-0.4, -0.2) is 27.7 Å². The van der Waals surface area contributed by atoms with Crippen molar-refractivity contribution in [3.05, 3.63) is 71.8 Å². The Hall–Kier alpha value is -3.60. The Balaban J connectivity index is 1.21. The number of H-pyrrole nitrogens is 1. The van der Waals surface area contributed by atoms with Crippen molar-refractivity contribution < 1.29 is 14.6 Å². The van der Waals surface area contributed by atoms with Crippen molar-refractivity contribution >= 4 is 17.0 Å². The maximum Gasteiger partial charge on any atom is 0.337 e. The Labute approximate surface area is 212 Å². The summed E-state index contributed by atoms with van der Waals surface area (Å²) in [5.74, 6) is 1.51. The predicted octanol–water partition coefficient (Wildman–Crippen LogP) is 8.03. The Bertz CT molecular complexity index is 1310. The van der Waals surface area contributed by atoms with Gasteiger partial charge in [0.25, 0.3) is 0 Å². The van der Waals surface area contributed by atoms with Gasteiger partial charge in [0.1, 0.15) is 17.1 Å². The number of carboxylic acids is 1. The van der Waals surface area contributed by atoms with Crippen molar-refractivity contribution in [1.82, 2.24) is 9.97 Å². The summed E-state index contributed by atoms with van der Waals surface area (Å²) in [6.45, 7) is 2.67. The van der Waals surface area contributed by atoms with Crippen molar-refractivity contribution in [2.24, 2.45) is 5.92 Å². The maximum absolute atomic E-state index is 11.6. The van der Waals surface area contributed by atoms with Crippen LogP contribution in [0, 0.1) is 12.8 Å². The van der Waals surface area contributed by atoms with Gasteiger partial charge < -0.3 is 14.8 Å². The third-order valence-corrected chi connectivity index (χ3v) is 7.31. The molecule has 1 saturated carbocycles. The number of hydrogen-bond acceptors (Lipinski definition) is 3. The summed E-state index contributed by atoms with van der Waals surface area (Å²) in [7, 11) is 0. The van der Waals surface area contributed by atoms with E-state index in [1.807, 2.05) is 37.3 Å². The zero-order chi connectivity index (χ0) is 24.9. The minimum absolute atomic E-state index is 0.218. The average molecular weight is 483 g/mol. The molecule has 3 aromatic carbocycles. The number of nitrogens with one attached hydrogen (secondary N) is 1. The molecule has 0 saturated heterocycles. The normalized spacial score (nSPS) is 14.6. The molecule has 186 valence electrons. The molecular formula is C31H34N2O3. The van der Waals surface area contributed by atoms with Crippen LogP contribution in [0.1, 0.15) is 67.3 Å². The summed E-state index contributed by atoms with van der Waals surface area (Å²) in [5.41, 5.74) is 5.47. The number of imidazole rings is 1. The number of carbonyl (C=O) groups is 1. The number of aromatic carboxylic acids is 1. The Morgan fingerprint density at radius 2 is 1.58 bits per heavy atom. The highest BCUT2D eigenvalue weighted by molar-refractivity contribution is 6.02. The molecule has 1 aliphatic carbocycles. The minimum Gasteiger partial charge on any atom is -0.494 e. The monoisotopic (exact) mass is 482 g/mol. The number of fused-ring (bicyclic) bond motifs is 1. The van der Waals surface area contributed by atoms with Gasteiger partial charge in [-0.3, -0.25) is 0 Å². The van der Waals surface area contributed by atoms with E-state index in [4.69, 9.17) is 4.74 Å². The molecular weight excluding hydrogens is 448 g/mol. The lowest BCUT2D eigenvalue weighted by molar-refractivity contribution is 0.0698. The Morgan fingerprint density at radius 1 is 0.944 bits per heavy atom. The number of ether oxygens (including phenoxy) is 1. The Morgan fingerprint density at radius 3 is 2.25 bits per heavy atom. The average Bonchev–Trinajstić information content (AvgIpc) is 3.14. The van der Waals surface area contributed by atoms with Crippen molar-refractivity contribution in [3.8, 4) is 28.3 Å². The fraction of sp³-hybridized carbons (Fsp3) is 0.355. The van der Waals surface area contributed by atoms with E-state index in [2.05, 4.69) is 34.2 Å². The molecule has 0 radical (unpaired) electrons. The third-order valence-electron chi connectivity index (χ3n) is 7.31. The molecule has 0 bridgehead atoms. The summed E-state index contributed by atoms with van der Waals surface area (Å²) in [5, 5.41) is 9.53. The lowest BCUT2D eigenvalue weighted by Crippen LogP contribution is -2.03. The van der Waals surface area contributed by atoms with Gasteiger partial charge in [-0.1, -0.05) is 74.9 Å². The van der Waals surface area contributed by atoms with Gasteiger partial charge in [-0.05, 0) is 66.6 Å². The molecule has 0 unspecified atom stereocenters. The quantitative estimate of drug-likeness (QED) is 0.197. The van der Waals surface area contributed by atoms with E-state index in [-0.39, 0.29) is 5.56 Å². The largest absolute Gasteiger partial charge is 0.494 e. The summed E-state index contributed by atoms with van der Waals surface area (Å²) < 4.78 is 6.01. The maximum atomic E-state index is 11.6. The molecule has 1 aliphatic rings. The van der Waals surface area contributed by atoms with Gasteiger partial charge in [-0.15, -0.1) is 0 Å². The number of aryl methyl sites for hydroxylation is 1. The van der Waals surface area contributed by atoms with Gasteiger partial charge in [-0.25, -0.2) is 9.78 Å². The van der Waals surface area contributed by atoms with Crippen LogP contribution < -0.4 is 4.74 Å². The molecule has 5 rings (SSSR count). The second-order valence-corrected chi connectivity index (χ2v) is 10.0. The van der Waals surface area contributed by atoms with Crippen molar-refractivity contribution in [2.75, 3.05) is 6.61 Å². The van der Waals surface area contributed by atoms with Crippen molar-refractivity contribution in [1.29, 1.82) is 0 Å². The van der Waals surface area contributed by atoms with E-state index >= 15 is 0 Å². The zero-order valence-corrected chi connectivity index (χ0v) is 20.9. The molecule has 5 heteroatoms. The van der Waals surface area contributed by atoms with Crippen molar-refractivity contribution in [3.63, 3.8) is 0 Å². The molecule has 4 aromatic rings. The second kappa shape index (κ2) is 11.0. The number of hydrogen-bond donors (Lipinski definition) is 2. The van der Waals surface area contributed by atoms with Crippen molar-refractivity contribution in [2.45, 2.75) is 58.3 Å². The molecule has 2 N–H and O–H groups in total. The molecule has 1 aromatic heterocycles. The van der Waals surface area contributed by atoms with Gasteiger partial charge in [0.2, 0.25) is 0 Å². The van der Waals surface area contributed by atoms with Crippen LogP contribution >= 0.6 is 0 Å². The zero-order valence-electron chi connectivity index (χ0n) is 20.9. The highest BCUT2D eigenvalue weighted by atomic mass is 16.5. The third kappa shape index (κ3) is 5.62. The van der Waals surface area contributed by atoms with Crippen LogP contribution in [0.5, 0.6) is 5.75 Å². The highest BCUT2D eigenvalue weighted by Gasteiger charge is 2.15. The summed E-state index contributed by atoms with van der Waals surface area (Å²) in [4.78, 5) is 19.5. The van der Waals surface area contributed by atoms with Gasteiger partial charge >= 0.3 is 5.97 Å². The second-order valence-electron chi connectivity index (χ2n) is 10.0. The topological polar surface area (TPSA) is 75.2 Å². The van der Waals surface area contributed by atoms with Gasteiger partial charge in [0.05, 0.1) is 17.7 Å². The van der Waals surface area contributed by atoms with Gasteiger partial charge in [0.15, 0.2) is 0 Å². The van der Waals surface area contributed by atoms with Crippen LogP contribution in [0.4, 0.5) is 0 Å². The predicted molar refractivity (Wildman–Crippen MR) is 145 cm³/mol. The fourth-order valence-electron chi connectivity index (χ4n) is 5.34. The molecule has 0 atom stereocenters. The first kappa shape index (κ1) is 24.1. The molecule has 5 nitrogen and oxygen atoms in total. The summed E-state index contributed by atoms with van der Waals surface area (Å²) >= 11 is 0. The molecule has 0 amide bonds. The van der Waals surface area contributed by atoms with E-state index in [1.54, 1.807) is 6.07 Å². The first-order chi connectivity index (χ1) is 17.6. The molecule has 1 fully saturated rings. The number of nitrogens with zero attached hydrogens (tertiary/aromatic N) is 1. The lowest BCUT2D eigenvalue weighted by atomic mass is 9.95. The molecule has 0 spiro atoms. The smallest absolute Gasteiger partial charge is 0.337 e. The van der Waals surface area contributed by atoms with Gasteiger partial charge in [0, 0.05) is 5.56 Å². The van der Waals surface area contributed by atoms with E-state index in [1.165, 1.54) is 44.9 Å². The van der Waals surface area contributed by atoms with Crippen LogP contribution in [-0.2, 0) is 0 Å². The van der Waals surface area contributed by atoms with Crippen LogP contribution in [0.2, 0.25) is 0 Å². The first-order valence-corrected chi connectivity index (χ1v) is 13.1. The van der Waals surface area contributed by atoms with E-state index in [9.17, 15) is 9.90 Å². The minimum atomic E-state index is -0.968. The lowest BCUT2D eigenvalue weighted by Gasteiger charge is -2.14. The standard InChI is InChI=1S/C31H34N2O3/c1-21-19-27(31(34)35)29-28(20-21)32-30(33-29)25-12-10-23(11-13-25)24-14-16-26(17-15-24)36-18-6-9-22-7-4-2-3-5-8-22/h10-17,19-20,22H,2-9,18H2,1H3,(H,32,33)(H,34,35). The van der Waals surface area contributed by atoms with E-state index < -0.39 is 5.97 Å². The van der Waals surface area contributed by atoms with Gasteiger partial charge in [-0.2, -0.15) is 0 Å². The number of rotatable bonds is 8. The molecule has 0 aliphatic heterocycles. The summed E-state index contributed by atoms with van der Waals surface area (Å²) in [6, 6.07) is 20.0. The highest BCUT2D eigenvalue weighted by Crippen LogP contribution is 2.29. The first-order valence-electron chi connectivity index (χ1n) is 13.1. The number of aromatic nitrogens is 2. The van der Waals surface area contributed by atoms with E-state index in [0.29, 0.717) is 11.3 Å². The molecule has 1 heterocycles. The number of benzene rings is 3. The molecule has 36 heavy (non-hydrogen) atoms. The fourth-order valence-corrected chi connectivity index (χ4v) is 5.34. The Kier molecular flexibility index (Phi) is 7.36. The number of aromatic amines is 1. The SMILES string of the molecule is Cc1cc(C(=O)O)c2nc(-c3ccc(-c4ccc(OCCCC5CCCCCC5)cc4)cc3)[nH]c2c1. The number of carboxylic acid groups (broad SMARTS) is 1. The van der Waals surface area contributed by atoms with E-state index in [0.717, 1.165) is 52.5 Å². The summed E-state index contributed by atoms with van der Waals surface area (Å²) in [6.07, 6.45) is 10.8.